The van der Waals surface area contributed by atoms with Crippen LogP contribution in [0.1, 0.15) is 28.9 Å². The van der Waals surface area contributed by atoms with Gasteiger partial charge in [-0.2, -0.15) is 0 Å². The molecule has 0 aromatic heterocycles. The number of nitrogens with one attached hydrogen (secondary N) is 2. The van der Waals surface area contributed by atoms with Gasteiger partial charge in [0.1, 0.15) is 6.04 Å². The highest BCUT2D eigenvalue weighted by atomic mass is 35.5. The third-order valence-corrected chi connectivity index (χ3v) is 4.12. The summed E-state index contributed by atoms with van der Waals surface area (Å²) in [6, 6.07) is 4.45. The van der Waals surface area contributed by atoms with Crippen LogP contribution >= 0.6 is 11.6 Å². The van der Waals surface area contributed by atoms with Crippen molar-refractivity contribution in [2.45, 2.75) is 13.0 Å². The van der Waals surface area contributed by atoms with Gasteiger partial charge >= 0.3 is 0 Å². The normalized spacial score (nSPS) is 11.5. The highest BCUT2D eigenvalue weighted by molar-refractivity contribution is 6.32. The lowest BCUT2D eigenvalue weighted by atomic mass is 10.0. The van der Waals surface area contributed by atoms with Crippen LogP contribution in [0.25, 0.3) is 0 Å². The Morgan fingerprint density at radius 3 is 2.46 bits per heavy atom. The summed E-state index contributed by atoms with van der Waals surface area (Å²) in [5, 5.41) is 5.00. The molecule has 0 saturated carbocycles. The fraction of sp³-hybridized carbons (Fsp3) is 0.263. The molecule has 0 radical (unpaired) electrons. The molecule has 150 valence electrons. The van der Waals surface area contributed by atoms with Gasteiger partial charge in [-0.25, -0.2) is 8.78 Å². The lowest BCUT2D eigenvalue weighted by Crippen LogP contribution is -2.39. The Kier molecular flexibility index (Phi) is 7.17. The van der Waals surface area contributed by atoms with E-state index in [9.17, 15) is 18.4 Å². The maximum atomic E-state index is 13.6. The van der Waals surface area contributed by atoms with Gasteiger partial charge in [0.2, 0.25) is 5.91 Å². The molecule has 1 atom stereocenters. The molecule has 0 fully saturated rings. The summed E-state index contributed by atoms with van der Waals surface area (Å²) in [6.07, 6.45) is 0. The molecule has 0 aliphatic rings. The molecule has 6 nitrogen and oxygen atoms in total. The first-order chi connectivity index (χ1) is 13.3. The van der Waals surface area contributed by atoms with Crippen LogP contribution < -0.4 is 20.1 Å². The molecule has 0 aliphatic heterocycles. The summed E-state index contributed by atoms with van der Waals surface area (Å²) < 4.78 is 37.4. The zero-order valence-corrected chi connectivity index (χ0v) is 16.2. The largest absolute Gasteiger partial charge is 0.493 e. The SMILES string of the molecule is CCOc1c(Cl)cc(C(=O)NC(C(=O)NC)c2ccc(F)c(F)c2)cc1OC. The lowest BCUT2D eigenvalue weighted by Gasteiger charge is -2.19. The first-order valence-corrected chi connectivity index (χ1v) is 8.67. The molecule has 0 spiro atoms. The number of ether oxygens (including phenoxy) is 2. The van der Waals surface area contributed by atoms with E-state index in [1.54, 1.807) is 6.92 Å². The third-order valence-electron chi connectivity index (χ3n) is 3.84. The summed E-state index contributed by atoms with van der Waals surface area (Å²) in [5.74, 6) is -2.94. The number of likely N-dealkylation sites (N-methyl/N-ethyl adjacent to an activating group) is 1. The minimum atomic E-state index is -1.25. The average Bonchev–Trinajstić information content (AvgIpc) is 2.68. The van der Waals surface area contributed by atoms with Gasteiger partial charge in [-0.3, -0.25) is 9.59 Å². The van der Waals surface area contributed by atoms with E-state index in [4.69, 9.17) is 21.1 Å². The van der Waals surface area contributed by atoms with E-state index in [-0.39, 0.29) is 27.6 Å². The molecule has 28 heavy (non-hydrogen) atoms. The first-order valence-electron chi connectivity index (χ1n) is 8.30. The Labute approximate surface area is 165 Å². The van der Waals surface area contributed by atoms with Crippen LogP contribution in [0.2, 0.25) is 5.02 Å². The van der Waals surface area contributed by atoms with Gasteiger partial charge in [0, 0.05) is 12.6 Å². The molecule has 1 unspecified atom stereocenters. The zero-order chi connectivity index (χ0) is 20.8. The fourth-order valence-electron chi connectivity index (χ4n) is 2.49. The van der Waals surface area contributed by atoms with E-state index in [0.29, 0.717) is 6.61 Å². The number of benzene rings is 2. The van der Waals surface area contributed by atoms with Crippen molar-refractivity contribution in [3.8, 4) is 11.5 Å². The molecule has 0 aliphatic carbocycles. The summed E-state index contributed by atoms with van der Waals surface area (Å²) in [4.78, 5) is 24.9. The van der Waals surface area contributed by atoms with Gasteiger partial charge in [-0.05, 0) is 36.8 Å². The maximum absolute atomic E-state index is 13.6. The minimum Gasteiger partial charge on any atom is -0.493 e. The van der Waals surface area contributed by atoms with E-state index in [0.717, 1.165) is 12.1 Å². The number of carbonyl (C=O) groups excluding carboxylic acids is 2. The van der Waals surface area contributed by atoms with Crippen molar-refractivity contribution in [3.05, 3.63) is 58.1 Å². The molecule has 0 saturated heterocycles. The van der Waals surface area contributed by atoms with E-state index < -0.39 is 29.5 Å². The number of rotatable bonds is 7. The number of carbonyl (C=O) groups is 2. The third kappa shape index (κ3) is 4.69. The second-order valence-corrected chi connectivity index (χ2v) is 6.02. The van der Waals surface area contributed by atoms with E-state index in [1.165, 1.54) is 32.4 Å². The maximum Gasteiger partial charge on any atom is 0.252 e. The van der Waals surface area contributed by atoms with Crippen molar-refractivity contribution in [1.29, 1.82) is 0 Å². The predicted octanol–water partition coefficient (Wildman–Crippen LogP) is 3.24. The summed E-state index contributed by atoms with van der Waals surface area (Å²) in [6.45, 7) is 2.11. The Morgan fingerprint density at radius 2 is 1.89 bits per heavy atom. The van der Waals surface area contributed by atoms with Gasteiger partial charge in [0.15, 0.2) is 23.1 Å². The van der Waals surface area contributed by atoms with Crippen molar-refractivity contribution in [1.82, 2.24) is 10.6 Å². The Hall–Kier alpha value is -2.87. The van der Waals surface area contributed by atoms with Crippen LogP contribution in [0.3, 0.4) is 0 Å². The van der Waals surface area contributed by atoms with Gasteiger partial charge in [0.05, 0.1) is 18.7 Å². The first kappa shape index (κ1) is 21.4. The summed E-state index contributed by atoms with van der Waals surface area (Å²) >= 11 is 6.16. The standard InChI is InChI=1S/C19H19ClF2N2O4/c1-4-28-17-12(20)7-11(9-15(17)27-3)18(25)24-16(19(26)23-2)10-5-6-13(21)14(22)8-10/h5-9,16H,4H2,1-3H3,(H,23,26)(H,24,25). The van der Waals surface area contributed by atoms with Gasteiger partial charge in [-0.1, -0.05) is 17.7 Å². The minimum absolute atomic E-state index is 0.0793. The number of hydrogen-bond donors (Lipinski definition) is 2. The van der Waals surface area contributed by atoms with Crippen LogP contribution in [-0.4, -0.2) is 32.6 Å². The lowest BCUT2D eigenvalue weighted by molar-refractivity contribution is -0.122. The molecule has 0 heterocycles. The molecular formula is C19H19ClF2N2O4. The molecule has 2 amide bonds. The van der Waals surface area contributed by atoms with Crippen LogP contribution in [0.5, 0.6) is 11.5 Å². The highest BCUT2D eigenvalue weighted by Gasteiger charge is 2.25. The highest BCUT2D eigenvalue weighted by Crippen LogP contribution is 2.36. The average molecular weight is 413 g/mol. The Morgan fingerprint density at radius 1 is 1.18 bits per heavy atom. The summed E-state index contributed by atoms with van der Waals surface area (Å²) in [7, 11) is 2.75. The number of amides is 2. The second-order valence-electron chi connectivity index (χ2n) is 5.62. The predicted molar refractivity (Wildman–Crippen MR) is 99.8 cm³/mol. The van der Waals surface area contributed by atoms with E-state index in [1.807, 2.05) is 0 Å². The topological polar surface area (TPSA) is 76.7 Å². The summed E-state index contributed by atoms with van der Waals surface area (Å²) in [5.41, 5.74) is 0.178. The molecular weight excluding hydrogens is 394 g/mol. The monoisotopic (exact) mass is 412 g/mol. The van der Waals surface area contributed by atoms with E-state index >= 15 is 0 Å². The smallest absolute Gasteiger partial charge is 0.252 e. The van der Waals surface area contributed by atoms with Crippen molar-refractivity contribution < 1.29 is 27.8 Å². The zero-order valence-electron chi connectivity index (χ0n) is 15.4. The Bertz CT molecular complexity index is 892. The van der Waals surface area contributed by atoms with Crippen LogP contribution in [0.15, 0.2) is 30.3 Å². The van der Waals surface area contributed by atoms with Crippen LogP contribution in [0.4, 0.5) is 8.78 Å². The van der Waals surface area contributed by atoms with E-state index in [2.05, 4.69) is 10.6 Å². The second kappa shape index (κ2) is 9.36. The number of hydrogen-bond acceptors (Lipinski definition) is 4. The van der Waals surface area contributed by atoms with Gasteiger partial charge in [0.25, 0.3) is 5.91 Å². The molecule has 2 aromatic rings. The molecule has 2 rings (SSSR count). The molecule has 0 bridgehead atoms. The fourth-order valence-corrected chi connectivity index (χ4v) is 2.75. The van der Waals surface area contributed by atoms with Crippen molar-refractivity contribution in [2.24, 2.45) is 0 Å². The Balaban J connectivity index is 2.37. The van der Waals surface area contributed by atoms with Crippen molar-refractivity contribution in [3.63, 3.8) is 0 Å². The van der Waals surface area contributed by atoms with Crippen molar-refractivity contribution in [2.75, 3.05) is 20.8 Å². The molecule has 2 aromatic carbocycles. The van der Waals surface area contributed by atoms with Gasteiger partial charge < -0.3 is 20.1 Å². The quantitative estimate of drug-likeness (QED) is 0.732. The molecule has 9 heteroatoms. The van der Waals surface area contributed by atoms with Gasteiger partial charge in [-0.15, -0.1) is 0 Å². The molecule has 2 N–H and O–H groups in total. The van der Waals surface area contributed by atoms with Crippen LogP contribution in [0, 0.1) is 11.6 Å². The number of methoxy groups -OCH3 is 1. The van der Waals surface area contributed by atoms with Crippen LogP contribution in [-0.2, 0) is 4.79 Å². The van der Waals surface area contributed by atoms with Crippen molar-refractivity contribution >= 4 is 23.4 Å². The number of halogens is 3.